The summed E-state index contributed by atoms with van der Waals surface area (Å²) in [5.74, 6) is 0. The zero-order valence-electron chi connectivity index (χ0n) is 9.51. The average molecular weight is 218 g/mol. The fraction of sp³-hybridized carbons (Fsp3) is 0.909. The van der Waals surface area contributed by atoms with Gasteiger partial charge in [-0.05, 0) is 52.1 Å². The molecule has 0 aromatic carbocycles. The normalized spacial score (nSPS) is 30.4. The summed E-state index contributed by atoms with van der Waals surface area (Å²) < 4.78 is 0. The number of piperidine rings is 1. The SMILES string of the molecule is CC1CCCC(C)N1C(C)(C)C(=O)Cl. The van der Waals surface area contributed by atoms with E-state index in [9.17, 15) is 4.79 Å². The van der Waals surface area contributed by atoms with E-state index < -0.39 is 5.54 Å². The zero-order valence-corrected chi connectivity index (χ0v) is 10.3. The topological polar surface area (TPSA) is 20.3 Å². The first-order valence-electron chi connectivity index (χ1n) is 5.35. The highest BCUT2D eigenvalue weighted by Crippen LogP contribution is 2.31. The number of rotatable bonds is 2. The Bertz CT molecular complexity index is 217. The Morgan fingerprint density at radius 3 is 2.07 bits per heavy atom. The first kappa shape index (κ1) is 12.0. The summed E-state index contributed by atoms with van der Waals surface area (Å²) in [5, 5.41) is -0.252. The molecule has 0 bridgehead atoms. The van der Waals surface area contributed by atoms with Gasteiger partial charge in [-0.3, -0.25) is 9.69 Å². The van der Waals surface area contributed by atoms with Crippen LogP contribution in [0.4, 0.5) is 0 Å². The van der Waals surface area contributed by atoms with Crippen LogP contribution in [0, 0.1) is 0 Å². The Labute approximate surface area is 91.6 Å². The van der Waals surface area contributed by atoms with Crippen molar-refractivity contribution < 1.29 is 4.79 Å². The van der Waals surface area contributed by atoms with Crippen molar-refractivity contribution in [3.8, 4) is 0 Å². The molecule has 2 nitrogen and oxygen atoms in total. The number of carbonyl (C=O) groups excluding carboxylic acids is 1. The summed E-state index contributed by atoms with van der Waals surface area (Å²) >= 11 is 5.65. The summed E-state index contributed by atoms with van der Waals surface area (Å²) in [6.07, 6.45) is 3.58. The van der Waals surface area contributed by atoms with Gasteiger partial charge in [-0.1, -0.05) is 6.42 Å². The summed E-state index contributed by atoms with van der Waals surface area (Å²) in [7, 11) is 0. The highest BCUT2D eigenvalue weighted by molar-refractivity contribution is 6.65. The maximum absolute atomic E-state index is 11.4. The third-order valence-electron chi connectivity index (χ3n) is 3.32. The van der Waals surface area contributed by atoms with E-state index in [-0.39, 0.29) is 5.24 Å². The van der Waals surface area contributed by atoms with Gasteiger partial charge in [0.2, 0.25) is 5.24 Å². The number of hydrogen-bond donors (Lipinski definition) is 0. The Balaban J connectivity index is 2.87. The molecule has 0 aromatic rings. The van der Waals surface area contributed by atoms with Crippen LogP contribution >= 0.6 is 11.6 Å². The maximum atomic E-state index is 11.4. The molecule has 0 N–H and O–H groups in total. The Hall–Kier alpha value is -0.0800. The van der Waals surface area contributed by atoms with E-state index in [1.54, 1.807) is 0 Å². The second-order valence-corrected chi connectivity index (χ2v) is 5.21. The molecule has 3 heteroatoms. The first-order chi connectivity index (χ1) is 6.37. The molecule has 2 unspecified atom stereocenters. The third-order valence-corrected chi connectivity index (χ3v) is 3.78. The minimum Gasteiger partial charge on any atom is -0.285 e. The van der Waals surface area contributed by atoms with Crippen LogP contribution in [0.2, 0.25) is 0 Å². The molecule has 0 spiro atoms. The number of likely N-dealkylation sites (tertiary alicyclic amines) is 1. The van der Waals surface area contributed by atoms with Gasteiger partial charge in [0.1, 0.15) is 0 Å². The van der Waals surface area contributed by atoms with E-state index in [0.717, 1.165) is 12.8 Å². The molecule has 0 aliphatic carbocycles. The second kappa shape index (κ2) is 4.19. The standard InChI is InChI=1S/C11H20ClNO/c1-8-6-5-7-9(2)13(8)11(3,4)10(12)14/h8-9H,5-7H2,1-4H3. The van der Waals surface area contributed by atoms with Gasteiger partial charge in [0, 0.05) is 12.1 Å². The van der Waals surface area contributed by atoms with E-state index >= 15 is 0 Å². The van der Waals surface area contributed by atoms with Crippen LogP contribution < -0.4 is 0 Å². The number of nitrogens with zero attached hydrogens (tertiary/aromatic N) is 1. The van der Waals surface area contributed by atoms with Crippen molar-refractivity contribution in [3.63, 3.8) is 0 Å². The molecule has 1 fully saturated rings. The lowest BCUT2D eigenvalue weighted by molar-refractivity contribution is -0.125. The van der Waals surface area contributed by atoms with Crippen LogP contribution in [0.1, 0.15) is 47.0 Å². The van der Waals surface area contributed by atoms with E-state index in [1.807, 2.05) is 13.8 Å². The van der Waals surface area contributed by atoms with Crippen molar-refractivity contribution >= 4 is 16.8 Å². The number of halogens is 1. The van der Waals surface area contributed by atoms with Gasteiger partial charge < -0.3 is 0 Å². The summed E-state index contributed by atoms with van der Waals surface area (Å²) in [4.78, 5) is 13.6. The number of carbonyl (C=O) groups is 1. The van der Waals surface area contributed by atoms with Crippen LogP contribution in [-0.4, -0.2) is 27.8 Å². The van der Waals surface area contributed by atoms with Crippen LogP contribution in [-0.2, 0) is 4.79 Å². The van der Waals surface area contributed by atoms with Gasteiger partial charge in [-0.25, -0.2) is 0 Å². The quantitative estimate of drug-likeness (QED) is 0.663. The van der Waals surface area contributed by atoms with Crippen molar-refractivity contribution in [2.24, 2.45) is 0 Å². The lowest BCUT2D eigenvalue weighted by atomic mass is 9.90. The smallest absolute Gasteiger partial charge is 0.241 e. The monoisotopic (exact) mass is 217 g/mol. The van der Waals surface area contributed by atoms with Gasteiger partial charge in [0.05, 0.1) is 5.54 Å². The zero-order chi connectivity index (χ0) is 10.9. The molecule has 1 heterocycles. The fourth-order valence-corrected chi connectivity index (χ4v) is 2.72. The molecule has 2 atom stereocenters. The molecular weight excluding hydrogens is 198 g/mol. The van der Waals surface area contributed by atoms with Gasteiger partial charge in [0.15, 0.2) is 0 Å². The molecule has 1 rings (SSSR count). The first-order valence-corrected chi connectivity index (χ1v) is 5.73. The van der Waals surface area contributed by atoms with Gasteiger partial charge in [0.25, 0.3) is 0 Å². The lowest BCUT2D eigenvalue weighted by Crippen LogP contribution is -2.58. The van der Waals surface area contributed by atoms with E-state index in [4.69, 9.17) is 11.6 Å². The molecular formula is C11H20ClNO. The van der Waals surface area contributed by atoms with Gasteiger partial charge >= 0.3 is 0 Å². The largest absolute Gasteiger partial charge is 0.285 e. The van der Waals surface area contributed by atoms with Crippen molar-refractivity contribution in [2.75, 3.05) is 0 Å². The van der Waals surface area contributed by atoms with Crippen LogP contribution in [0.25, 0.3) is 0 Å². The van der Waals surface area contributed by atoms with Crippen molar-refractivity contribution in [3.05, 3.63) is 0 Å². The average Bonchev–Trinajstić information content (AvgIpc) is 2.02. The molecule has 1 aliphatic rings. The van der Waals surface area contributed by atoms with Crippen molar-refractivity contribution in [2.45, 2.75) is 64.6 Å². The summed E-state index contributed by atoms with van der Waals surface area (Å²) in [5.41, 5.74) is -0.527. The molecule has 0 radical (unpaired) electrons. The molecule has 82 valence electrons. The van der Waals surface area contributed by atoms with Crippen molar-refractivity contribution in [1.29, 1.82) is 0 Å². The summed E-state index contributed by atoms with van der Waals surface area (Å²) in [6.45, 7) is 8.19. The minimum absolute atomic E-state index is 0.252. The molecule has 1 aliphatic heterocycles. The molecule has 1 saturated heterocycles. The highest BCUT2D eigenvalue weighted by atomic mass is 35.5. The molecule has 0 amide bonds. The van der Waals surface area contributed by atoms with E-state index in [1.165, 1.54) is 6.42 Å². The second-order valence-electron chi connectivity index (χ2n) is 4.87. The van der Waals surface area contributed by atoms with Crippen LogP contribution in [0.5, 0.6) is 0 Å². The summed E-state index contributed by atoms with van der Waals surface area (Å²) in [6, 6.07) is 0.910. The highest BCUT2D eigenvalue weighted by Gasteiger charge is 2.40. The van der Waals surface area contributed by atoms with Gasteiger partial charge in [-0.15, -0.1) is 0 Å². The predicted molar refractivity (Wildman–Crippen MR) is 59.6 cm³/mol. The van der Waals surface area contributed by atoms with Crippen molar-refractivity contribution in [1.82, 2.24) is 4.90 Å². The maximum Gasteiger partial charge on any atom is 0.241 e. The molecule has 14 heavy (non-hydrogen) atoms. The molecule has 0 aromatic heterocycles. The minimum atomic E-state index is -0.527. The lowest BCUT2D eigenvalue weighted by Gasteiger charge is -2.47. The predicted octanol–water partition coefficient (Wildman–Crippen LogP) is 2.79. The van der Waals surface area contributed by atoms with E-state index in [2.05, 4.69) is 18.7 Å². The van der Waals surface area contributed by atoms with Crippen LogP contribution in [0.15, 0.2) is 0 Å². The van der Waals surface area contributed by atoms with Crippen LogP contribution in [0.3, 0.4) is 0 Å². The van der Waals surface area contributed by atoms with E-state index in [0.29, 0.717) is 12.1 Å². The third kappa shape index (κ3) is 2.12. The molecule has 0 saturated carbocycles. The Morgan fingerprint density at radius 1 is 1.29 bits per heavy atom. The number of hydrogen-bond acceptors (Lipinski definition) is 2. The van der Waals surface area contributed by atoms with Gasteiger partial charge in [-0.2, -0.15) is 0 Å². The Morgan fingerprint density at radius 2 is 1.71 bits per heavy atom. The fourth-order valence-electron chi connectivity index (χ4n) is 2.62. The Kier molecular flexibility index (Phi) is 3.59.